The van der Waals surface area contributed by atoms with Gasteiger partial charge in [0, 0.05) is 12.1 Å². The standard InChI is InChI=1S/C16H17FN2O/c1-18-9-13-7-14(17)10-19-16(13)20-15-6-5-11-3-2-4-12(11)8-15/h5-8,10,18H,2-4,9H2,1H3. The van der Waals surface area contributed by atoms with Crippen molar-refractivity contribution in [2.75, 3.05) is 7.05 Å². The van der Waals surface area contributed by atoms with Crippen LogP contribution in [0.1, 0.15) is 23.1 Å². The van der Waals surface area contributed by atoms with Crippen LogP contribution in [-0.4, -0.2) is 12.0 Å². The zero-order valence-corrected chi connectivity index (χ0v) is 11.4. The Labute approximate surface area is 117 Å². The molecule has 4 heteroatoms. The number of nitrogens with one attached hydrogen (secondary N) is 1. The SMILES string of the molecule is CNCc1cc(F)cnc1Oc1ccc2c(c1)CCC2. The monoisotopic (exact) mass is 272 g/mol. The van der Waals surface area contributed by atoms with Gasteiger partial charge in [-0.15, -0.1) is 0 Å². The highest BCUT2D eigenvalue weighted by Gasteiger charge is 2.13. The van der Waals surface area contributed by atoms with Gasteiger partial charge in [0.1, 0.15) is 11.6 Å². The van der Waals surface area contributed by atoms with E-state index >= 15 is 0 Å². The summed E-state index contributed by atoms with van der Waals surface area (Å²) < 4.78 is 19.1. The van der Waals surface area contributed by atoms with Crippen LogP contribution in [-0.2, 0) is 19.4 Å². The Bertz CT molecular complexity index is 628. The van der Waals surface area contributed by atoms with E-state index in [1.165, 1.54) is 29.8 Å². The molecule has 3 rings (SSSR count). The van der Waals surface area contributed by atoms with Crippen LogP contribution in [0, 0.1) is 5.82 Å². The Morgan fingerprint density at radius 2 is 2.10 bits per heavy atom. The van der Waals surface area contributed by atoms with Gasteiger partial charge in [-0.05, 0) is 55.6 Å². The van der Waals surface area contributed by atoms with Crippen LogP contribution in [0.25, 0.3) is 0 Å². The number of hydrogen-bond donors (Lipinski definition) is 1. The fraction of sp³-hybridized carbons (Fsp3) is 0.312. The molecule has 0 saturated heterocycles. The minimum atomic E-state index is -0.350. The smallest absolute Gasteiger partial charge is 0.223 e. The molecule has 2 aromatic rings. The van der Waals surface area contributed by atoms with E-state index in [0.29, 0.717) is 18.0 Å². The lowest BCUT2D eigenvalue weighted by Crippen LogP contribution is -2.07. The van der Waals surface area contributed by atoms with Gasteiger partial charge in [-0.25, -0.2) is 9.37 Å². The summed E-state index contributed by atoms with van der Waals surface area (Å²) in [5.74, 6) is 0.873. The average molecular weight is 272 g/mol. The second-order valence-electron chi connectivity index (χ2n) is 5.03. The van der Waals surface area contributed by atoms with Gasteiger partial charge in [-0.1, -0.05) is 6.07 Å². The zero-order valence-electron chi connectivity index (χ0n) is 11.4. The summed E-state index contributed by atoms with van der Waals surface area (Å²) in [6, 6.07) is 7.58. The number of ether oxygens (including phenoxy) is 1. The van der Waals surface area contributed by atoms with Crippen LogP contribution in [0.15, 0.2) is 30.5 Å². The van der Waals surface area contributed by atoms with Gasteiger partial charge in [0.15, 0.2) is 0 Å². The van der Waals surface area contributed by atoms with Crippen LogP contribution >= 0.6 is 0 Å². The Hall–Kier alpha value is -1.94. The van der Waals surface area contributed by atoms with Crippen molar-refractivity contribution in [3.05, 3.63) is 53.0 Å². The van der Waals surface area contributed by atoms with E-state index in [1.807, 2.05) is 13.1 Å². The predicted molar refractivity (Wildman–Crippen MR) is 75.5 cm³/mol. The number of hydrogen-bond acceptors (Lipinski definition) is 3. The lowest BCUT2D eigenvalue weighted by molar-refractivity contribution is 0.449. The highest BCUT2D eigenvalue weighted by molar-refractivity contribution is 5.40. The average Bonchev–Trinajstić information content (AvgIpc) is 2.89. The van der Waals surface area contributed by atoms with E-state index in [2.05, 4.69) is 22.4 Å². The fourth-order valence-electron chi connectivity index (χ4n) is 2.60. The van der Waals surface area contributed by atoms with Gasteiger partial charge < -0.3 is 10.1 Å². The molecule has 0 fully saturated rings. The molecule has 0 unspecified atom stereocenters. The molecule has 20 heavy (non-hydrogen) atoms. The first-order chi connectivity index (χ1) is 9.76. The van der Waals surface area contributed by atoms with Gasteiger partial charge in [0.05, 0.1) is 6.20 Å². The molecule has 3 nitrogen and oxygen atoms in total. The van der Waals surface area contributed by atoms with Crippen molar-refractivity contribution in [3.63, 3.8) is 0 Å². The first-order valence-corrected chi connectivity index (χ1v) is 6.85. The van der Waals surface area contributed by atoms with Crippen molar-refractivity contribution in [2.24, 2.45) is 0 Å². The number of pyridine rings is 1. The second kappa shape index (κ2) is 5.59. The molecule has 1 heterocycles. The van der Waals surface area contributed by atoms with Crippen molar-refractivity contribution in [1.29, 1.82) is 0 Å². The van der Waals surface area contributed by atoms with Crippen LogP contribution in [0.4, 0.5) is 4.39 Å². The highest BCUT2D eigenvalue weighted by Crippen LogP contribution is 2.29. The maximum Gasteiger partial charge on any atom is 0.223 e. The Morgan fingerprint density at radius 1 is 1.25 bits per heavy atom. The van der Waals surface area contributed by atoms with Gasteiger partial charge in [0.2, 0.25) is 5.88 Å². The summed E-state index contributed by atoms with van der Waals surface area (Å²) in [6.07, 6.45) is 4.64. The first kappa shape index (κ1) is 13.1. The number of benzene rings is 1. The maximum absolute atomic E-state index is 13.2. The Balaban J connectivity index is 1.87. The fourth-order valence-corrected chi connectivity index (χ4v) is 2.60. The third-order valence-electron chi connectivity index (χ3n) is 3.54. The summed E-state index contributed by atoms with van der Waals surface area (Å²) in [6.45, 7) is 0.519. The van der Waals surface area contributed by atoms with E-state index < -0.39 is 0 Å². The van der Waals surface area contributed by atoms with Crippen LogP contribution < -0.4 is 10.1 Å². The van der Waals surface area contributed by atoms with E-state index in [4.69, 9.17) is 4.74 Å². The molecule has 0 amide bonds. The molecule has 1 aromatic carbocycles. The summed E-state index contributed by atoms with van der Waals surface area (Å²) in [4.78, 5) is 4.05. The van der Waals surface area contributed by atoms with Crippen molar-refractivity contribution < 1.29 is 9.13 Å². The third kappa shape index (κ3) is 2.65. The van der Waals surface area contributed by atoms with Gasteiger partial charge in [0.25, 0.3) is 0 Å². The van der Waals surface area contributed by atoms with E-state index in [9.17, 15) is 4.39 Å². The van der Waals surface area contributed by atoms with Gasteiger partial charge >= 0.3 is 0 Å². The molecule has 0 radical (unpaired) electrons. The largest absolute Gasteiger partial charge is 0.439 e. The molecule has 0 atom stereocenters. The predicted octanol–water partition coefficient (Wildman–Crippen LogP) is 3.22. The molecule has 0 saturated carbocycles. The summed E-state index contributed by atoms with van der Waals surface area (Å²) in [7, 11) is 1.81. The topological polar surface area (TPSA) is 34.2 Å². The van der Waals surface area contributed by atoms with Gasteiger partial charge in [-0.2, -0.15) is 0 Å². The van der Waals surface area contributed by atoms with Crippen LogP contribution in [0.3, 0.4) is 0 Å². The van der Waals surface area contributed by atoms with Crippen molar-refractivity contribution in [3.8, 4) is 11.6 Å². The number of halogens is 1. The quantitative estimate of drug-likeness (QED) is 0.928. The number of aryl methyl sites for hydroxylation is 2. The summed E-state index contributed by atoms with van der Waals surface area (Å²) in [5, 5.41) is 2.99. The first-order valence-electron chi connectivity index (χ1n) is 6.85. The summed E-state index contributed by atoms with van der Waals surface area (Å²) in [5.41, 5.74) is 3.47. The number of nitrogens with zero attached hydrogens (tertiary/aromatic N) is 1. The molecule has 0 spiro atoms. The van der Waals surface area contributed by atoms with E-state index in [0.717, 1.165) is 18.6 Å². The van der Waals surface area contributed by atoms with E-state index in [-0.39, 0.29) is 5.82 Å². The molecular formula is C16H17FN2O. The molecular weight excluding hydrogens is 255 g/mol. The van der Waals surface area contributed by atoms with Crippen LogP contribution in [0.2, 0.25) is 0 Å². The Kier molecular flexibility index (Phi) is 3.65. The normalized spacial score (nSPS) is 13.3. The van der Waals surface area contributed by atoms with E-state index in [1.54, 1.807) is 0 Å². The zero-order chi connectivity index (χ0) is 13.9. The second-order valence-corrected chi connectivity index (χ2v) is 5.03. The lowest BCUT2D eigenvalue weighted by atomic mass is 10.1. The molecule has 1 N–H and O–H groups in total. The van der Waals surface area contributed by atoms with Crippen molar-refractivity contribution >= 4 is 0 Å². The molecule has 104 valence electrons. The molecule has 1 aliphatic rings. The minimum absolute atomic E-state index is 0.350. The summed E-state index contributed by atoms with van der Waals surface area (Å²) >= 11 is 0. The van der Waals surface area contributed by atoms with Crippen molar-refractivity contribution in [2.45, 2.75) is 25.8 Å². The number of fused-ring (bicyclic) bond motifs is 1. The molecule has 0 bridgehead atoms. The maximum atomic E-state index is 13.2. The highest BCUT2D eigenvalue weighted by atomic mass is 19.1. The van der Waals surface area contributed by atoms with Crippen LogP contribution in [0.5, 0.6) is 11.6 Å². The van der Waals surface area contributed by atoms with Crippen molar-refractivity contribution in [1.82, 2.24) is 10.3 Å². The van der Waals surface area contributed by atoms with Gasteiger partial charge in [-0.3, -0.25) is 0 Å². The lowest BCUT2D eigenvalue weighted by Gasteiger charge is -2.11. The third-order valence-corrected chi connectivity index (χ3v) is 3.54. The molecule has 0 aliphatic heterocycles. The number of aromatic nitrogens is 1. The Morgan fingerprint density at radius 3 is 2.95 bits per heavy atom. The minimum Gasteiger partial charge on any atom is -0.439 e. The molecule has 1 aliphatic carbocycles. The molecule has 1 aromatic heterocycles. The number of rotatable bonds is 4.